The van der Waals surface area contributed by atoms with Gasteiger partial charge in [-0.3, -0.25) is 0 Å². The molecular formula is C21H27N5O2. The van der Waals surface area contributed by atoms with Gasteiger partial charge in [-0.2, -0.15) is 0 Å². The standard InChI is InChI=1S/C21H27N5O2/c1-2-12-28-13-17-23-18-20(22-15-8-10-16(27)11-9-15)25-19(26-21(18)24-17)14-6-4-3-5-7-14/h3-7,15-16,27H,2,8-13H2,1H3,(H2,22,23,24,25,26). The number of aromatic nitrogens is 4. The number of hydrogen-bond donors (Lipinski definition) is 3. The second-order valence-corrected chi connectivity index (χ2v) is 7.35. The molecule has 2 heterocycles. The first-order valence-corrected chi connectivity index (χ1v) is 10.1. The molecule has 1 aromatic carbocycles. The number of nitrogens with zero attached hydrogens (tertiary/aromatic N) is 3. The predicted octanol–water partition coefficient (Wildman–Crippen LogP) is 3.66. The fraction of sp³-hybridized carbons (Fsp3) is 0.476. The SMILES string of the molecule is CCCOCc1nc2nc(-c3ccccc3)nc(NC3CCC(O)CC3)c2[nH]1. The lowest BCUT2D eigenvalue weighted by atomic mass is 9.93. The lowest BCUT2D eigenvalue weighted by molar-refractivity contribution is 0.117. The van der Waals surface area contributed by atoms with Crippen molar-refractivity contribution in [3.63, 3.8) is 0 Å². The lowest BCUT2D eigenvalue weighted by Gasteiger charge is -2.26. The molecule has 3 N–H and O–H groups in total. The molecule has 7 heteroatoms. The van der Waals surface area contributed by atoms with Crippen molar-refractivity contribution < 1.29 is 9.84 Å². The summed E-state index contributed by atoms with van der Waals surface area (Å²) in [6.07, 6.45) is 4.27. The number of benzene rings is 1. The molecule has 1 fully saturated rings. The lowest BCUT2D eigenvalue weighted by Crippen LogP contribution is -2.28. The first-order valence-electron chi connectivity index (χ1n) is 10.1. The van der Waals surface area contributed by atoms with Crippen LogP contribution in [0.2, 0.25) is 0 Å². The van der Waals surface area contributed by atoms with Gasteiger partial charge in [0, 0.05) is 18.2 Å². The summed E-state index contributed by atoms with van der Waals surface area (Å²) < 4.78 is 5.62. The van der Waals surface area contributed by atoms with E-state index in [2.05, 4.69) is 27.2 Å². The van der Waals surface area contributed by atoms with Crippen LogP contribution in [-0.4, -0.2) is 43.8 Å². The van der Waals surface area contributed by atoms with Gasteiger partial charge in [-0.25, -0.2) is 15.0 Å². The van der Waals surface area contributed by atoms with Crippen LogP contribution >= 0.6 is 0 Å². The molecule has 2 aromatic heterocycles. The molecule has 148 valence electrons. The third-order valence-electron chi connectivity index (χ3n) is 5.06. The van der Waals surface area contributed by atoms with Gasteiger partial charge in [0.1, 0.15) is 17.9 Å². The van der Waals surface area contributed by atoms with Crippen molar-refractivity contribution in [2.45, 2.75) is 57.8 Å². The second kappa shape index (κ2) is 8.67. The summed E-state index contributed by atoms with van der Waals surface area (Å²) in [4.78, 5) is 17.4. The minimum atomic E-state index is -0.183. The van der Waals surface area contributed by atoms with Gasteiger partial charge in [-0.05, 0) is 32.1 Å². The summed E-state index contributed by atoms with van der Waals surface area (Å²) >= 11 is 0. The van der Waals surface area contributed by atoms with Crippen LogP contribution in [0.5, 0.6) is 0 Å². The van der Waals surface area contributed by atoms with Crippen molar-refractivity contribution in [1.29, 1.82) is 0 Å². The number of rotatable bonds is 7. The smallest absolute Gasteiger partial charge is 0.183 e. The number of nitrogens with one attached hydrogen (secondary N) is 2. The highest BCUT2D eigenvalue weighted by Crippen LogP contribution is 2.27. The highest BCUT2D eigenvalue weighted by atomic mass is 16.5. The summed E-state index contributed by atoms with van der Waals surface area (Å²) in [7, 11) is 0. The molecule has 4 rings (SSSR count). The van der Waals surface area contributed by atoms with Crippen LogP contribution < -0.4 is 5.32 Å². The van der Waals surface area contributed by atoms with E-state index >= 15 is 0 Å². The Morgan fingerprint density at radius 2 is 1.89 bits per heavy atom. The molecule has 0 atom stereocenters. The van der Waals surface area contributed by atoms with Crippen molar-refractivity contribution in [2.75, 3.05) is 11.9 Å². The summed E-state index contributed by atoms with van der Waals surface area (Å²) in [5.74, 6) is 2.17. The fourth-order valence-corrected chi connectivity index (χ4v) is 3.56. The Hall–Kier alpha value is -2.51. The zero-order valence-corrected chi connectivity index (χ0v) is 16.2. The molecule has 3 aromatic rings. The topological polar surface area (TPSA) is 96.0 Å². The molecule has 0 spiro atoms. The molecule has 7 nitrogen and oxygen atoms in total. The van der Waals surface area contributed by atoms with Gasteiger partial charge < -0.3 is 20.1 Å². The second-order valence-electron chi connectivity index (χ2n) is 7.35. The van der Waals surface area contributed by atoms with Crippen LogP contribution in [0.25, 0.3) is 22.6 Å². The van der Waals surface area contributed by atoms with Gasteiger partial charge in [-0.15, -0.1) is 0 Å². The summed E-state index contributed by atoms with van der Waals surface area (Å²) in [6.45, 7) is 3.22. The largest absolute Gasteiger partial charge is 0.393 e. The fourth-order valence-electron chi connectivity index (χ4n) is 3.56. The van der Waals surface area contributed by atoms with Gasteiger partial charge in [0.25, 0.3) is 0 Å². The van der Waals surface area contributed by atoms with Gasteiger partial charge in [0.15, 0.2) is 17.3 Å². The molecule has 0 unspecified atom stereocenters. The molecule has 28 heavy (non-hydrogen) atoms. The zero-order valence-electron chi connectivity index (χ0n) is 16.2. The molecular weight excluding hydrogens is 354 g/mol. The third kappa shape index (κ3) is 4.31. The number of anilines is 1. The van der Waals surface area contributed by atoms with Crippen LogP contribution in [0.1, 0.15) is 44.9 Å². The Bertz CT molecular complexity index is 904. The Labute approximate surface area is 164 Å². The number of aliphatic hydroxyl groups is 1. The third-order valence-corrected chi connectivity index (χ3v) is 5.06. The number of H-pyrrole nitrogens is 1. The Morgan fingerprint density at radius 3 is 2.64 bits per heavy atom. The van der Waals surface area contributed by atoms with E-state index in [-0.39, 0.29) is 12.1 Å². The molecule has 0 radical (unpaired) electrons. The monoisotopic (exact) mass is 381 g/mol. The average molecular weight is 381 g/mol. The minimum Gasteiger partial charge on any atom is -0.393 e. The van der Waals surface area contributed by atoms with Crippen LogP contribution in [0, 0.1) is 0 Å². The molecule has 0 aliphatic heterocycles. The van der Waals surface area contributed by atoms with E-state index in [0.29, 0.717) is 24.7 Å². The number of aliphatic hydroxyl groups excluding tert-OH is 1. The van der Waals surface area contributed by atoms with Gasteiger partial charge >= 0.3 is 0 Å². The van der Waals surface area contributed by atoms with Crippen LogP contribution in [0.3, 0.4) is 0 Å². The molecule has 0 saturated heterocycles. The van der Waals surface area contributed by atoms with Gasteiger partial charge in [0.2, 0.25) is 0 Å². The van der Waals surface area contributed by atoms with Crippen molar-refractivity contribution in [3.8, 4) is 11.4 Å². The number of fused-ring (bicyclic) bond motifs is 1. The predicted molar refractivity (Wildman–Crippen MR) is 109 cm³/mol. The van der Waals surface area contributed by atoms with E-state index in [1.54, 1.807) is 0 Å². The summed E-state index contributed by atoms with van der Waals surface area (Å²) in [6, 6.07) is 10.2. The maximum Gasteiger partial charge on any atom is 0.183 e. The summed E-state index contributed by atoms with van der Waals surface area (Å²) in [5, 5.41) is 13.3. The highest BCUT2D eigenvalue weighted by Gasteiger charge is 2.22. The zero-order chi connectivity index (χ0) is 19.3. The first-order chi connectivity index (χ1) is 13.7. The van der Waals surface area contributed by atoms with E-state index in [1.807, 2.05) is 30.3 Å². The van der Waals surface area contributed by atoms with Crippen molar-refractivity contribution in [2.24, 2.45) is 0 Å². The van der Waals surface area contributed by atoms with Crippen molar-refractivity contribution in [1.82, 2.24) is 19.9 Å². The van der Waals surface area contributed by atoms with E-state index in [4.69, 9.17) is 9.72 Å². The molecule has 0 bridgehead atoms. The van der Waals surface area contributed by atoms with Crippen molar-refractivity contribution >= 4 is 17.0 Å². The maximum absolute atomic E-state index is 9.78. The number of aromatic amines is 1. The number of ether oxygens (including phenoxy) is 1. The quantitative estimate of drug-likeness (QED) is 0.541. The number of imidazole rings is 1. The molecule has 1 aliphatic rings. The Balaban J connectivity index is 1.67. The van der Waals surface area contributed by atoms with Gasteiger partial charge in [-0.1, -0.05) is 37.3 Å². The Morgan fingerprint density at radius 1 is 1.11 bits per heavy atom. The van der Waals surface area contributed by atoms with E-state index < -0.39 is 0 Å². The van der Waals surface area contributed by atoms with Crippen LogP contribution in [0.15, 0.2) is 30.3 Å². The molecule has 0 amide bonds. The van der Waals surface area contributed by atoms with Gasteiger partial charge in [0.05, 0.1) is 6.10 Å². The highest BCUT2D eigenvalue weighted by molar-refractivity contribution is 5.85. The van der Waals surface area contributed by atoms with Crippen LogP contribution in [0.4, 0.5) is 5.82 Å². The first kappa shape index (κ1) is 18.8. The average Bonchev–Trinajstić information content (AvgIpc) is 3.14. The maximum atomic E-state index is 9.78. The number of hydrogen-bond acceptors (Lipinski definition) is 6. The van der Waals surface area contributed by atoms with E-state index in [9.17, 15) is 5.11 Å². The van der Waals surface area contributed by atoms with E-state index in [0.717, 1.165) is 54.8 Å². The summed E-state index contributed by atoms with van der Waals surface area (Å²) in [5.41, 5.74) is 2.40. The molecule has 1 aliphatic carbocycles. The normalized spacial score (nSPS) is 19.8. The van der Waals surface area contributed by atoms with Crippen molar-refractivity contribution in [3.05, 3.63) is 36.2 Å². The van der Waals surface area contributed by atoms with E-state index in [1.165, 1.54) is 0 Å². The van der Waals surface area contributed by atoms with Crippen LogP contribution in [-0.2, 0) is 11.3 Å². The Kier molecular flexibility index (Phi) is 5.83. The minimum absolute atomic E-state index is 0.183. The molecule has 1 saturated carbocycles.